The molecule has 21 heavy (non-hydrogen) atoms. The Morgan fingerprint density at radius 3 is 2.29 bits per heavy atom. The highest BCUT2D eigenvalue weighted by atomic mass is 35.5. The van der Waals surface area contributed by atoms with Crippen LogP contribution in [0.3, 0.4) is 0 Å². The third kappa shape index (κ3) is 4.67. The Morgan fingerprint density at radius 1 is 1.00 bits per heavy atom. The molecule has 0 amide bonds. The molecule has 2 rings (SSSR count). The van der Waals surface area contributed by atoms with Gasteiger partial charge in [0.25, 0.3) is 0 Å². The van der Waals surface area contributed by atoms with Crippen molar-refractivity contribution in [2.24, 2.45) is 0 Å². The van der Waals surface area contributed by atoms with E-state index in [4.69, 9.17) is 31.1 Å². The van der Waals surface area contributed by atoms with Crippen molar-refractivity contribution >= 4 is 24.2 Å². The molecular weight excluding hydrogens is 290 g/mol. The zero-order valence-corrected chi connectivity index (χ0v) is 12.4. The van der Waals surface area contributed by atoms with Crippen LogP contribution in [0.15, 0.2) is 42.5 Å². The van der Waals surface area contributed by atoms with E-state index in [2.05, 4.69) is 0 Å². The molecule has 2 aromatic carbocycles. The molecule has 0 spiro atoms. The van der Waals surface area contributed by atoms with Gasteiger partial charge in [0.1, 0.15) is 24.7 Å². The molecule has 2 aromatic rings. The first-order valence-electron chi connectivity index (χ1n) is 6.54. The van der Waals surface area contributed by atoms with Crippen molar-refractivity contribution in [3.05, 3.63) is 53.1 Å². The molecule has 0 bridgehead atoms. The van der Waals surface area contributed by atoms with Crippen LogP contribution >= 0.6 is 11.6 Å². The van der Waals surface area contributed by atoms with Crippen molar-refractivity contribution in [1.29, 1.82) is 0 Å². The highest BCUT2D eigenvalue weighted by Gasteiger charge is 2.09. The van der Waals surface area contributed by atoms with Gasteiger partial charge in [0.2, 0.25) is 0 Å². The molecule has 0 heterocycles. The molecule has 110 valence electrons. The van der Waals surface area contributed by atoms with Crippen LogP contribution in [0.2, 0.25) is 5.02 Å². The Balaban J connectivity index is 1.79. The topological polar surface area (TPSA) is 58.9 Å². The summed E-state index contributed by atoms with van der Waals surface area (Å²) in [5, 5.41) is 18.5. The first-order valence-corrected chi connectivity index (χ1v) is 6.92. The van der Waals surface area contributed by atoms with E-state index < -0.39 is 7.12 Å². The minimum Gasteiger partial charge on any atom is -0.490 e. The van der Waals surface area contributed by atoms with Crippen LogP contribution in [0.5, 0.6) is 11.5 Å². The number of hydrogen-bond donors (Lipinski definition) is 2. The lowest BCUT2D eigenvalue weighted by molar-refractivity contribution is 0.217. The highest BCUT2D eigenvalue weighted by molar-refractivity contribution is 6.58. The van der Waals surface area contributed by atoms with Crippen LogP contribution in [-0.2, 0) is 0 Å². The highest BCUT2D eigenvalue weighted by Crippen LogP contribution is 2.24. The number of ether oxygens (including phenoxy) is 2. The van der Waals surface area contributed by atoms with Gasteiger partial charge in [-0.15, -0.1) is 0 Å². The monoisotopic (exact) mass is 306 g/mol. The summed E-state index contributed by atoms with van der Waals surface area (Å²) in [6.07, 6.45) is 0. The largest absolute Gasteiger partial charge is 0.490 e. The Morgan fingerprint density at radius 2 is 1.67 bits per heavy atom. The molecule has 4 nitrogen and oxygen atoms in total. The normalized spacial score (nSPS) is 10.3. The van der Waals surface area contributed by atoms with Crippen LogP contribution in [0.1, 0.15) is 5.56 Å². The molecule has 0 fully saturated rings. The third-order valence-corrected chi connectivity index (χ3v) is 3.17. The quantitative estimate of drug-likeness (QED) is 0.631. The second kappa shape index (κ2) is 7.36. The van der Waals surface area contributed by atoms with Gasteiger partial charge in [0.15, 0.2) is 0 Å². The number of aryl methyl sites for hydroxylation is 1. The molecule has 0 radical (unpaired) electrons. The maximum atomic E-state index is 8.98. The Bertz CT molecular complexity index is 587. The summed E-state index contributed by atoms with van der Waals surface area (Å²) in [5.41, 5.74) is 1.50. The maximum absolute atomic E-state index is 8.98. The fourth-order valence-corrected chi connectivity index (χ4v) is 2.06. The van der Waals surface area contributed by atoms with Crippen LogP contribution in [0.4, 0.5) is 0 Å². The van der Waals surface area contributed by atoms with Crippen molar-refractivity contribution in [2.75, 3.05) is 13.2 Å². The van der Waals surface area contributed by atoms with Gasteiger partial charge in [-0.2, -0.15) is 0 Å². The SMILES string of the molecule is Cc1ccc(OCCOc2ccc(B(O)O)cc2)c(Cl)c1. The van der Waals surface area contributed by atoms with Crippen molar-refractivity contribution in [3.63, 3.8) is 0 Å². The summed E-state index contributed by atoms with van der Waals surface area (Å²) in [6.45, 7) is 2.70. The second-order valence-electron chi connectivity index (χ2n) is 4.57. The predicted molar refractivity (Wildman–Crippen MR) is 83.4 cm³/mol. The summed E-state index contributed by atoms with van der Waals surface area (Å²) in [4.78, 5) is 0. The van der Waals surface area contributed by atoms with Crippen LogP contribution < -0.4 is 14.9 Å². The van der Waals surface area contributed by atoms with Crippen molar-refractivity contribution in [2.45, 2.75) is 6.92 Å². The zero-order valence-electron chi connectivity index (χ0n) is 11.6. The molecule has 0 aliphatic heterocycles. The van der Waals surface area contributed by atoms with E-state index in [-0.39, 0.29) is 0 Å². The first-order chi connectivity index (χ1) is 10.1. The number of benzene rings is 2. The molecule has 0 unspecified atom stereocenters. The van der Waals surface area contributed by atoms with E-state index in [1.807, 2.05) is 25.1 Å². The molecule has 0 aromatic heterocycles. The molecule has 0 saturated heterocycles. The maximum Gasteiger partial charge on any atom is 0.488 e. The fourth-order valence-electron chi connectivity index (χ4n) is 1.77. The fraction of sp³-hybridized carbons (Fsp3) is 0.200. The molecule has 0 atom stereocenters. The average molecular weight is 307 g/mol. The van der Waals surface area contributed by atoms with Gasteiger partial charge in [-0.3, -0.25) is 0 Å². The van der Waals surface area contributed by atoms with E-state index in [9.17, 15) is 0 Å². The molecular formula is C15H16BClO4. The molecule has 0 aliphatic rings. The number of halogens is 1. The van der Waals surface area contributed by atoms with E-state index in [0.717, 1.165) is 5.56 Å². The van der Waals surface area contributed by atoms with E-state index >= 15 is 0 Å². The average Bonchev–Trinajstić information content (AvgIpc) is 2.46. The van der Waals surface area contributed by atoms with E-state index in [1.165, 1.54) is 0 Å². The lowest BCUT2D eigenvalue weighted by atomic mass is 9.80. The second-order valence-corrected chi connectivity index (χ2v) is 4.98. The summed E-state index contributed by atoms with van der Waals surface area (Å²) in [6, 6.07) is 12.1. The summed E-state index contributed by atoms with van der Waals surface area (Å²) < 4.78 is 11.0. The van der Waals surface area contributed by atoms with Gasteiger partial charge in [-0.1, -0.05) is 29.8 Å². The van der Waals surface area contributed by atoms with E-state index in [1.54, 1.807) is 24.3 Å². The molecule has 0 saturated carbocycles. The Labute approximate surface area is 129 Å². The van der Waals surface area contributed by atoms with Crippen molar-refractivity contribution in [3.8, 4) is 11.5 Å². The first kappa shape index (κ1) is 15.7. The van der Waals surface area contributed by atoms with Crippen molar-refractivity contribution < 1.29 is 19.5 Å². The van der Waals surface area contributed by atoms with Crippen LogP contribution in [0, 0.1) is 6.92 Å². The zero-order chi connectivity index (χ0) is 15.2. The number of hydrogen-bond acceptors (Lipinski definition) is 4. The minimum atomic E-state index is -1.47. The van der Waals surface area contributed by atoms with Gasteiger partial charge in [0, 0.05) is 0 Å². The lowest BCUT2D eigenvalue weighted by Crippen LogP contribution is -2.29. The van der Waals surface area contributed by atoms with E-state index in [0.29, 0.717) is 35.2 Å². The standard InChI is InChI=1S/C15H16BClO4/c1-11-2-7-15(14(17)10-11)21-9-8-20-13-5-3-12(4-6-13)16(18)19/h2-7,10,18-19H,8-9H2,1H3. The Kier molecular flexibility index (Phi) is 5.50. The molecule has 6 heteroatoms. The predicted octanol–water partition coefficient (Wildman–Crippen LogP) is 1.79. The molecule has 0 aliphatic carbocycles. The van der Waals surface area contributed by atoms with Gasteiger partial charge >= 0.3 is 7.12 Å². The third-order valence-electron chi connectivity index (χ3n) is 2.88. The minimum absolute atomic E-state index is 0.366. The molecule has 2 N–H and O–H groups in total. The van der Waals surface area contributed by atoms with Gasteiger partial charge in [-0.05, 0) is 42.2 Å². The van der Waals surface area contributed by atoms with Gasteiger partial charge < -0.3 is 19.5 Å². The van der Waals surface area contributed by atoms with Gasteiger partial charge in [0.05, 0.1) is 5.02 Å². The number of rotatable bonds is 6. The summed E-state index contributed by atoms with van der Waals surface area (Å²) in [7, 11) is -1.47. The van der Waals surface area contributed by atoms with Crippen molar-refractivity contribution in [1.82, 2.24) is 0 Å². The Hall–Kier alpha value is -1.69. The lowest BCUT2D eigenvalue weighted by Gasteiger charge is -2.10. The van der Waals surface area contributed by atoms with Gasteiger partial charge in [-0.25, -0.2) is 0 Å². The smallest absolute Gasteiger partial charge is 0.488 e. The summed E-state index contributed by atoms with van der Waals surface area (Å²) in [5.74, 6) is 1.27. The summed E-state index contributed by atoms with van der Waals surface area (Å²) >= 11 is 6.06. The van der Waals surface area contributed by atoms with Crippen LogP contribution in [0.25, 0.3) is 0 Å². The van der Waals surface area contributed by atoms with Crippen LogP contribution in [-0.4, -0.2) is 30.4 Å².